The molecular weight excluding hydrogens is 400 g/mol. The largest absolute Gasteiger partial charge is 0.291 e. The average Bonchev–Trinajstić information content (AvgIpc) is 3.37. The zero-order valence-corrected chi connectivity index (χ0v) is 20.2. The van der Waals surface area contributed by atoms with Crippen molar-refractivity contribution in [3.63, 3.8) is 0 Å². The second-order valence-electron chi connectivity index (χ2n) is 10.6. The monoisotopic (exact) mass is 432 g/mol. The highest BCUT2D eigenvalue weighted by atomic mass is 15.0. The Bertz CT molecular complexity index is 1510. The van der Waals surface area contributed by atoms with Crippen LogP contribution in [0.5, 0.6) is 0 Å². The van der Waals surface area contributed by atoms with E-state index in [-0.39, 0.29) is 0 Å². The van der Waals surface area contributed by atoms with Crippen LogP contribution in [0.4, 0.5) is 0 Å². The van der Waals surface area contributed by atoms with Crippen LogP contribution in [0.15, 0.2) is 60.7 Å². The molecule has 0 bridgehead atoms. The summed E-state index contributed by atoms with van der Waals surface area (Å²) in [7, 11) is 0. The molecule has 1 saturated carbocycles. The Morgan fingerprint density at radius 2 is 1.52 bits per heavy atom. The maximum atomic E-state index is 5.13. The highest BCUT2D eigenvalue weighted by molar-refractivity contribution is 6.12. The SMILES string of the molecule is Cc1cccc(C)c1-c1c(C)nc2c3ccccc3c3cc(CC4(C)CCCC4)ccc3n12. The molecule has 0 spiro atoms. The molecule has 1 aliphatic rings. The Hall–Kier alpha value is -3.13. The van der Waals surface area contributed by atoms with Crippen LogP contribution in [0.3, 0.4) is 0 Å². The fourth-order valence-electron chi connectivity index (χ4n) is 6.34. The summed E-state index contributed by atoms with van der Waals surface area (Å²) >= 11 is 0. The Labute approximate surface area is 196 Å². The Balaban J connectivity index is 1.70. The van der Waals surface area contributed by atoms with Crippen molar-refractivity contribution in [2.45, 2.75) is 59.8 Å². The number of aromatic nitrogens is 2. The van der Waals surface area contributed by atoms with Gasteiger partial charge >= 0.3 is 0 Å². The van der Waals surface area contributed by atoms with Crippen molar-refractivity contribution < 1.29 is 0 Å². The first-order valence-electron chi connectivity index (χ1n) is 12.3. The van der Waals surface area contributed by atoms with Crippen LogP contribution >= 0.6 is 0 Å². The van der Waals surface area contributed by atoms with Crippen LogP contribution < -0.4 is 0 Å². The maximum absolute atomic E-state index is 5.13. The first-order valence-corrected chi connectivity index (χ1v) is 12.3. The van der Waals surface area contributed by atoms with Gasteiger partial charge in [-0.2, -0.15) is 0 Å². The van der Waals surface area contributed by atoms with E-state index in [4.69, 9.17) is 4.98 Å². The van der Waals surface area contributed by atoms with Crippen molar-refractivity contribution in [3.8, 4) is 11.3 Å². The standard InChI is InChI=1S/C31H32N2/c1-20-10-9-11-21(2)28(20)29-22(3)32-30-25-13-6-5-12-24(25)26-18-23(14-15-27(26)33(29)30)19-31(4)16-7-8-17-31/h5-6,9-15,18H,7-8,16-17,19H2,1-4H3. The quantitative estimate of drug-likeness (QED) is 0.262. The predicted octanol–water partition coefficient (Wildman–Crippen LogP) is 8.36. The van der Waals surface area contributed by atoms with E-state index in [0.717, 1.165) is 11.3 Å². The predicted molar refractivity (Wildman–Crippen MR) is 140 cm³/mol. The molecule has 166 valence electrons. The molecule has 0 atom stereocenters. The van der Waals surface area contributed by atoms with Crippen LogP contribution in [-0.2, 0) is 6.42 Å². The molecule has 2 nitrogen and oxygen atoms in total. The third-order valence-electron chi connectivity index (χ3n) is 7.97. The van der Waals surface area contributed by atoms with Gasteiger partial charge in [0.25, 0.3) is 0 Å². The average molecular weight is 433 g/mol. The van der Waals surface area contributed by atoms with Crippen molar-refractivity contribution >= 4 is 27.3 Å². The van der Waals surface area contributed by atoms with E-state index in [1.807, 2.05) is 0 Å². The molecule has 0 N–H and O–H groups in total. The molecule has 0 amide bonds. The number of nitrogens with zero attached hydrogens (tertiary/aromatic N) is 2. The molecule has 0 unspecified atom stereocenters. The normalized spacial score (nSPS) is 15.8. The number of imidazole rings is 1. The minimum atomic E-state index is 0.447. The Morgan fingerprint density at radius 3 is 2.24 bits per heavy atom. The molecule has 6 rings (SSSR count). The number of fused-ring (bicyclic) bond motifs is 6. The van der Waals surface area contributed by atoms with Crippen LogP contribution in [0.2, 0.25) is 0 Å². The zero-order valence-electron chi connectivity index (χ0n) is 20.2. The van der Waals surface area contributed by atoms with Crippen LogP contribution in [0, 0.1) is 26.2 Å². The topological polar surface area (TPSA) is 17.3 Å². The summed E-state index contributed by atoms with van der Waals surface area (Å²) in [5.41, 5.74) is 10.4. The summed E-state index contributed by atoms with van der Waals surface area (Å²) in [4.78, 5) is 5.13. The number of hydrogen-bond donors (Lipinski definition) is 0. The van der Waals surface area contributed by atoms with Crippen molar-refractivity contribution in [2.24, 2.45) is 5.41 Å². The Morgan fingerprint density at radius 1 is 0.818 bits per heavy atom. The summed E-state index contributed by atoms with van der Waals surface area (Å²) in [5, 5.41) is 3.87. The highest BCUT2D eigenvalue weighted by Crippen LogP contribution is 2.42. The van der Waals surface area contributed by atoms with Gasteiger partial charge in [-0.3, -0.25) is 4.40 Å². The molecule has 2 heterocycles. The van der Waals surface area contributed by atoms with Gasteiger partial charge in [0, 0.05) is 16.3 Å². The molecule has 0 radical (unpaired) electrons. The van der Waals surface area contributed by atoms with Crippen molar-refractivity contribution in [1.82, 2.24) is 9.38 Å². The molecule has 2 aromatic heterocycles. The first-order chi connectivity index (χ1) is 16.0. The van der Waals surface area contributed by atoms with E-state index >= 15 is 0 Å². The van der Waals surface area contributed by atoms with Crippen molar-refractivity contribution in [1.29, 1.82) is 0 Å². The van der Waals surface area contributed by atoms with Gasteiger partial charge in [0.2, 0.25) is 0 Å². The van der Waals surface area contributed by atoms with E-state index in [1.54, 1.807) is 0 Å². The van der Waals surface area contributed by atoms with E-state index < -0.39 is 0 Å². The van der Waals surface area contributed by atoms with Gasteiger partial charge in [-0.25, -0.2) is 4.98 Å². The van der Waals surface area contributed by atoms with Crippen LogP contribution in [0.25, 0.3) is 38.6 Å². The van der Waals surface area contributed by atoms with Gasteiger partial charge in [0.15, 0.2) is 0 Å². The van der Waals surface area contributed by atoms with Gasteiger partial charge < -0.3 is 0 Å². The molecule has 2 heteroatoms. The minimum absolute atomic E-state index is 0.447. The smallest absolute Gasteiger partial charge is 0.145 e. The summed E-state index contributed by atoms with van der Waals surface area (Å²) in [6, 6.07) is 22.5. The van der Waals surface area contributed by atoms with Crippen molar-refractivity contribution in [2.75, 3.05) is 0 Å². The molecule has 0 aliphatic heterocycles. The summed E-state index contributed by atoms with van der Waals surface area (Å²) in [6.45, 7) is 9.06. The van der Waals surface area contributed by atoms with Gasteiger partial charge in [-0.1, -0.05) is 68.3 Å². The number of rotatable bonds is 3. The third-order valence-corrected chi connectivity index (χ3v) is 7.97. The fraction of sp³-hybridized carbons (Fsp3) is 0.323. The lowest BCUT2D eigenvalue weighted by atomic mass is 9.82. The first kappa shape index (κ1) is 20.5. The lowest BCUT2D eigenvalue weighted by Gasteiger charge is -2.24. The molecule has 1 fully saturated rings. The van der Waals surface area contributed by atoms with Gasteiger partial charge in [0.1, 0.15) is 5.65 Å². The van der Waals surface area contributed by atoms with Crippen LogP contribution in [-0.4, -0.2) is 9.38 Å². The summed E-state index contributed by atoms with van der Waals surface area (Å²) in [5.74, 6) is 0. The van der Waals surface area contributed by atoms with E-state index in [1.165, 1.54) is 81.7 Å². The van der Waals surface area contributed by atoms with E-state index in [9.17, 15) is 0 Å². The Kier molecular flexibility index (Phi) is 4.62. The number of aryl methyl sites for hydroxylation is 3. The zero-order chi connectivity index (χ0) is 22.7. The molecule has 5 aromatic rings. The van der Waals surface area contributed by atoms with Gasteiger partial charge in [-0.15, -0.1) is 0 Å². The lowest BCUT2D eigenvalue weighted by molar-refractivity contribution is 0.335. The molecular formula is C31H32N2. The minimum Gasteiger partial charge on any atom is -0.291 e. The third kappa shape index (κ3) is 3.19. The number of pyridine rings is 1. The lowest BCUT2D eigenvalue weighted by Crippen LogP contribution is -2.14. The fourth-order valence-corrected chi connectivity index (χ4v) is 6.34. The number of hydrogen-bond acceptors (Lipinski definition) is 1. The second kappa shape index (κ2) is 7.45. The van der Waals surface area contributed by atoms with Crippen LogP contribution in [0.1, 0.15) is 55.0 Å². The summed E-state index contributed by atoms with van der Waals surface area (Å²) < 4.78 is 2.42. The van der Waals surface area contributed by atoms with E-state index in [2.05, 4.69) is 92.8 Å². The van der Waals surface area contributed by atoms with Gasteiger partial charge in [0.05, 0.1) is 16.9 Å². The number of benzene rings is 3. The summed E-state index contributed by atoms with van der Waals surface area (Å²) in [6.07, 6.45) is 6.62. The van der Waals surface area contributed by atoms with Gasteiger partial charge in [-0.05, 0) is 79.7 Å². The highest BCUT2D eigenvalue weighted by Gasteiger charge is 2.29. The molecule has 3 aromatic carbocycles. The second-order valence-corrected chi connectivity index (χ2v) is 10.6. The van der Waals surface area contributed by atoms with E-state index in [0.29, 0.717) is 5.41 Å². The molecule has 1 aliphatic carbocycles. The van der Waals surface area contributed by atoms with Crippen molar-refractivity contribution in [3.05, 3.63) is 83.0 Å². The maximum Gasteiger partial charge on any atom is 0.145 e. The molecule has 33 heavy (non-hydrogen) atoms. The molecule has 0 saturated heterocycles.